The van der Waals surface area contributed by atoms with Crippen LogP contribution < -0.4 is 5.43 Å². The van der Waals surface area contributed by atoms with E-state index in [-0.39, 0.29) is 5.82 Å². The number of nitrogens with zero attached hydrogens (tertiary/aromatic N) is 2. The minimum Gasteiger partial charge on any atom is -0.261 e. The van der Waals surface area contributed by atoms with Gasteiger partial charge in [-0.3, -0.25) is 5.43 Å². The fourth-order valence-electron chi connectivity index (χ4n) is 1.42. The Morgan fingerprint density at radius 3 is 2.29 bits per heavy atom. The number of nitrogens with one attached hydrogen (secondary N) is 1. The van der Waals surface area contributed by atoms with E-state index in [1.165, 1.54) is 12.3 Å². The van der Waals surface area contributed by atoms with Crippen LogP contribution in [0.25, 0.3) is 0 Å². The zero-order valence-electron chi connectivity index (χ0n) is 10.3. The molecule has 0 unspecified atom stereocenters. The first-order chi connectivity index (χ1) is 9.88. The van der Waals surface area contributed by atoms with Crippen LogP contribution in [0.3, 0.4) is 0 Å². The Morgan fingerprint density at radius 1 is 1.10 bits per heavy atom. The Hall–Kier alpha value is -1.79. The second kappa shape index (κ2) is 6.32. The lowest BCUT2D eigenvalue weighted by Crippen LogP contribution is -2.05. The van der Waals surface area contributed by atoms with Crippen LogP contribution in [0.1, 0.15) is 11.1 Å². The second-order valence-corrected chi connectivity index (χ2v) is 4.75. The van der Waals surface area contributed by atoms with Gasteiger partial charge < -0.3 is 0 Å². The molecule has 0 atom stereocenters. The van der Waals surface area contributed by atoms with Crippen LogP contribution in [-0.4, -0.2) is 11.2 Å². The molecule has 0 aliphatic rings. The van der Waals surface area contributed by atoms with Gasteiger partial charge in [0.1, 0.15) is 5.82 Å². The fourth-order valence-corrected chi connectivity index (χ4v) is 1.92. The van der Waals surface area contributed by atoms with Crippen molar-refractivity contribution in [3.05, 3.63) is 57.7 Å². The number of hydrogen-bond donors (Lipinski definition) is 1. The van der Waals surface area contributed by atoms with Gasteiger partial charge in [0.15, 0.2) is 0 Å². The maximum absolute atomic E-state index is 12.4. The molecule has 0 spiro atoms. The highest BCUT2D eigenvalue weighted by Gasteiger charge is 2.30. The predicted molar refractivity (Wildman–Crippen MR) is 76.9 cm³/mol. The van der Waals surface area contributed by atoms with E-state index in [2.05, 4.69) is 15.5 Å². The van der Waals surface area contributed by atoms with Crippen LogP contribution >= 0.6 is 23.2 Å². The lowest BCUT2D eigenvalue weighted by atomic mass is 10.2. The predicted octanol–water partition coefficient (Wildman–Crippen LogP) is 4.85. The molecule has 0 radical (unpaired) electrons. The Balaban J connectivity index is 2.08. The van der Waals surface area contributed by atoms with E-state index in [9.17, 15) is 13.2 Å². The number of aromatic nitrogens is 1. The number of pyridine rings is 1. The van der Waals surface area contributed by atoms with Gasteiger partial charge >= 0.3 is 6.18 Å². The molecule has 0 fully saturated rings. The van der Waals surface area contributed by atoms with Crippen LogP contribution in [0.4, 0.5) is 19.0 Å². The largest absolute Gasteiger partial charge is 0.417 e. The van der Waals surface area contributed by atoms with Gasteiger partial charge in [-0.25, -0.2) is 4.98 Å². The van der Waals surface area contributed by atoms with E-state index >= 15 is 0 Å². The summed E-state index contributed by atoms with van der Waals surface area (Å²) in [5, 5.41) is 4.66. The lowest BCUT2D eigenvalue weighted by molar-refractivity contribution is -0.137. The molecule has 3 nitrogen and oxygen atoms in total. The number of hydrogen-bond acceptors (Lipinski definition) is 3. The van der Waals surface area contributed by atoms with E-state index < -0.39 is 11.7 Å². The third-order valence-corrected chi connectivity index (χ3v) is 3.12. The quantitative estimate of drug-likeness (QED) is 0.643. The minimum atomic E-state index is -4.42. The summed E-state index contributed by atoms with van der Waals surface area (Å²) < 4.78 is 37.1. The number of hydrazone groups is 1. The first kappa shape index (κ1) is 15.6. The van der Waals surface area contributed by atoms with Crippen molar-refractivity contribution in [2.75, 3.05) is 5.43 Å². The zero-order valence-corrected chi connectivity index (χ0v) is 11.8. The molecule has 0 saturated carbocycles. The van der Waals surface area contributed by atoms with Crippen molar-refractivity contribution in [1.82, 2.24) is 4.98 Å². The summed E-state index contributed by atoms with van der Waals surface area (Å²) in [6, 6.07) is 7.06. The Kier molecular flexibility index (Phi) is 4.69. The van der Waals surface area contributed by atoms with Crippen molar-refractivity contribution >= 4 is 35.2 Å². The lowest BCUT2D eigenvalue weighted by Gasteiger charge is -2.06. The van der Waals surface area contributed by atoms with Crippen molar-refractivity contribution < 1.29 is 13.2 Å². The first-order valence-electron chi connectivity index (χ1n) is 5.64. The number of benzene rings is 1. The molecule has 21 heavy (non-hydrogen) atoms. The normalized spacial score (nSPS) is 11.9. The third kappa shape index (κ3) is 4.09. The highest BCUT2D eigenvalue weighted by Crippen LogP contribution is 2.28. The van der Waals surface area contributed by atoms with Gasteiger partial charge in [-0.05, 0) is 24.3 Å². The monoisotopic (exact) mass is 333 g/mol. The topological polar surface area (TPSA) is 37.3 Å². The second-order valence-electron chi connectivity index (χ2n) is 3.94. The molecule has 1 heterocycles. The SMILES string of the molecule is FC(F)(F)c1ccc(N/N=C/c2c(Cl)cccc2Cl)nc1. The Labute approximate surface area is 128 Å². The average molecular weight is 334 g/mol. The van der Waals surface area contributed by atoms with Gasteiger partial charge in [0.25, 0.3) is 0 Å². The van der Waals surface area contributed by atoms with Gasteiger partial charge in [0.2, 0.25) is 0 Å². The van der Waals surface area contributed by atoms with Crippen molar-refractivity contribution in [1.29, 1.82) is 0 Å². The summed E-state index contributed by atoms with van der Waals surface area (Å²) >= 11 is 11.9. The molecule has 2 aromatic rings. The van der Waals surface area contributed by atoms with Crippen molar-refractivity contribution in [2.45, 2.75) is 6.18 Å². The van der Waals surface area contributed by atoms with Crippen LogP contribution in [0.2, 0.25) is 10.0 Å². The summed E-state index contributed by atoms with van der Waals surface area (Å²) in [7, 11) is 0. The van der Waals surface area contributed by atoms with Crippen LogP contribution in [0.15, 0.2) is 41.6 Å². The minimum absolute atomic E-state index is 0.169. The van der Waals surface area contributed by atoms with E-state index in [1.807, 2.05) is 0 Å². The molecule has 1 aromatic heterocycles. The summed E-state index contributed by atoms with van der Waals surface area (Å²) in [6.45, 7) is 0. The molecule has 110 valence electrons. The molecule has 0 bridgehead atoms. The van der Waals surface area contributed by atoms with Crippen molar-refractivity contribution in [3.63, 3.8) is 0 Å². The molecule has 1 aromatic carbocycles. The first-order valence-corrected chi connectivity index (χ1v) is 6.40. The third-order valence-electron chi connectivity index (χ3n) is 2.46. The highest BCUT2D eigenvalue weighted by molar-refractivity contribution is 6.38. The highest BCUT2D eigenvalue weighted by atomic mass is 35.5. The number of alkyl halides is 3. The average Bonchev–Trinajstić information content (AvgIpc) is 2.42. The van der Waals surface area contributed by atoms with E-state index in [0.717, 1.165) is 12.3 Å². The van der Waals surface area contributed by atoms with Crippen molar-refractivity contribution in [3.8, 4) is 0 Å². The van der Waals surface area contributed by atoms with Crippen LogP contribution in [0.5, 0.6) is 0 Å². The van der Waals surface area contributed by atoms with E-state index in [1.54, 1.807) is 18.2 Å². The molecule has 1 N–H and O–H groups in total. The van der Waals surface area contributed by atoms with E-state index in [0.29, 0.717) is 15.6 Å². The molecular weight excluding hydrogens is 326 g/mol. The van der Waals surface area contributed by atoms with Crippen molar-refractivity contribution in [2.24, 2.45) is 5.10 Å². The van der Waals surface area contributed by atoms with Gasteiger partial charge in [-0.2, -0.15) is 18.3 Å². The zero-order chi connectivity index (χ0) is 15.5. The van der Waals surface area contributed by atoms with Gasteiger partial charge in [-0.1, -0.05) is 29.3 Å². The smallest absolute Gasteiger partial charge is 0.261 e. The fraction of sp³-hybridized carbons (Fsp3) is 0.0769. The summed E-state index contributed by atoms with van der Waals surface area (Å²) in [6.07, 6.45) is -2.33. The molecule has 0 amide bonds. The Bertz CT molecular complexity index is 634. The summed E-state index contributed by atoms with van der Waals surface area (Å²) in [5.74, 6) is 0.169. The molecule has 0 saturated heterocycles. The number of rotatable bonds is 3. The standard InChI is InChI=1S/C13H8Cl2F3N3/c14-10-2-1-3-11(15)9(10)7-20-21-12-5-4-8(6-19-12)13(16,17)18/h1-7H,(H,19,21)/b20-7+. The number of halogens is 5. The summed E-state index contributed by atoms with van der Waals surface area (Å²) in [5.41, 5.74) is 2.17. The van der Waals surface area contributed by atoms with Gasteiger partial charge in [-0.15, -0.1) is 0 Å². The maximum Gasteiger partial charge on any atom is 0.417 e. The molecule has 0 aliphatic carbocycles. The van der Waals surface area contributed by atoms with Gasteiger partial charge in [0.05, 0.1) is 21.8 Å². The molecule has 2 rings (SSSR count). The van der Waals surface area contributed by atoms with Crippen LogP contribution in [0, 0.1) is 0 Å². The molecular formula is C13H8Cl2F3N3. The van der Waals surface area contributed by atoms with Gasteiger partial charge in [0, 0.05) is 11.8 Å². The molecule has 0 aliphatic heterocycles. The van der Waals surface area contributed by atoms with E-state index in [4.69, 9.17) is 23.2 Å². The van der Waals surface area contributed by atoms with Crippen LogP contribution in [-0.2, 0) is 6.18 Å². The Morgan fingerprint density at radius 2 is 1.76 bits per heavy atom. The molecule has 8 heteroatoms. The summed E-state index contributed by atoms with van der Waals surface area (Å²) in [4.78, 5) is 3.61. The maximum atomic E-state index is 12.4. The number of anilines is 1.